The number of fused-ring (bicyclic) bond motifs is 1. The lowest BCUT2D eigenvalue weighted by atomic mass is 10.0. The molecule has 3 aromatic heterocycles. The van der Waals surface area contributed by atoms with Crippen LogP contribution in [0.5, 0.6) is 0 Å². The Labute approximate surface area is 178 Å². The van der Waals surface area contributed by atoms with Crippen LogP contribution in [0.1, 0.15) is 51.1 Å². The number of ether oxygens (including phenoxy) is 1. The maximum Gasteiger partial charge on any atom is 0.359 e. The van der Waals surface area contributed by atoms with Crippen LogP contribution in [0, 0.1) is 0 Å². The molecule has 10 heteroatoms. The lowest BCUT2D eigenvalue weighted by molar-refractivity contribution is 0.0513. The van der Waals surface area contributed by atoms with Gasteiger partial charge in [-0.1, -0.05) is 6.07 Å². The fraction of sp³-hybridized carbons (Fsp3) is 0.400. The number of hydrogen-bond donors (Lipinski definition) is 0. The number of esters is 1. The normalized spacial score (nSPS) is 13.2. The van der Waals surface area contributed by atoms with Crippen molar-refractivity contribution in [2.75, 3.05) is 13.2 Å². The topological polar surface area (TPSA) is 103 Å². The van der Waals surface area contributed by atoms with E-state index in [-0.39, 0.29) is 12.5 Å². The molecule has 0 saturated carbocycles. The van der Waals surface area contributed by atoms with Gasteiger partial charge in [0.25, 0.3) is 5.91 Å². The lowest BCUT2D eigenvalue weighted by Crippen LogP contribution is -2.37. The molecule has 0 bridgehead atoms. The van der Waals surface area contributed by atoms with E-state index >= 15 is 0 Å². The lowest BCUT2D eigenvalue weighted by Gasteiger charge is -2.27. The summed E-state index contributed by atoms with van der Waals surface area (Å²) in [4.78, 5) is 31.0. The number of aryl methyl sites for hydroxylation is 2. The molecule has 0 fully saturated rings. The van der Waals surface area contributed by atoms with Crippen molar-refractivity contribution in [2.24, 2.45) is 0 Å². The first-order valence-electron chi connectivity index (χ1n) is 9.88. The molecule has 0 spiro atoms. The number of hydrogen-bond acceptors (Lipinski definition) is 8. The summed E-state index contributed by atoms with van der Waals surface area (Å²) in [7, 11) is 0. The van der Waals surface area contributed by atoms with Crippen molar-refractivity contribution >= 4 is 23.6 Å². The zero-order chi connectivity index (χ0) is 20.9. The van der Waals surface area contributed by atoms with Gasteiger partial charge in [-0.05, 0) is 31.4 Å². The van der Waals surface area contributed by atoms with Crippen molar-refractivity contribution in [1.29, 1.82) is 0 Å². The third-order valence-corrected chi connectivity index (χ3v) is 5.51. The van der Waals surface area contributed by atoms with E-state index in [1.165, 1.54) is 6.20 Å². The van der Waals surface area contributed by atoms with Gasteiger partial charge in [-0.3, -0.25) is 14.5 Å². The van der Waals surface area contributed by atoms with Crippen molar-refractivity contribution in [2.45, 2.75) is 39.3 Å². The monoisotopic (exact) mass is 426 g/mol. The van der Waals surface area contributed by atoms with Gasteiger partial charge >= 0.3 is 5.97 Å². The van der Waals surface area contributed by atoms with Gasteiger partial charge in [0.15, 0.2) is 11.4 Å². The van der Waals surface area contributed by atoms with Crippen LogP contribution in [0.25, 0.3) is 0 Å². The number of amides is 1. The summed E-state index contributed by atoms with van der Waals surface area (Å²) < 4.78 is 15.0. The molecule has 9 nitrogen and oxygen atoms in total. The highest BCUT2D eigenvalue weighted by molar-refractivity contribution is 6.99. The van der Waals surface area contributed by atoms with Crippen molar-refractivity contribution in [3.05, 3.63) is 58.9 Å². The third kappa shape index (κ3) is 4.23. The Bertz CT molecular complexity index is 1020. The van der Waals surface area contributed by atoms with Gasteiger partial charge < -0.3 is 9.64 Å². The van der Waals surface area contributed by atoms with Crippen LogP contribution in [0.2, 0.25) is 0 Å². The summed E-state index contributed by atoms with van der Waals surface area (Å²) in [5.74, 6) is -0.641. The molecule has 30 heavy (non-hydrogen) atoms. The standard InChI is InChI=1S/C20H22N6O3S/c1-2-29-20(28)18-15-13-25(19(27)16-12-22-30-24-16)10-7-17(15)26(23-18)9-4-6-14-5-3-8-21-11-14/h3,5,8,11-12H,2,4,6-7,9-10,13H2,1H3. The van der Waals surface area contributed by atoms with Gasteiger partial charge in [0.05, 0.1) is 31.1 Å². The minimum Gasteiger partial charge on any atom is -0.461 e. The predicted octanol–water partition coefficient (Wildman–Crippen LogP) is 2.14. The van der Waals surface area contributed by atoms with Crippen LogP contribution in [0.4, 0.5) is 0 Å². The van der Waals surface area contributed by atoms with Gasteiger partial charge in [0, 0.05) is 43.2 Å². The van der Waals surface area contributed by atoms with Gasteiger partial charge in [-0.25, -0.2) is 4.79 Å². The van der Waals surface area contributed by atoms with E-state index in [1.54, 1.807) is 18.0 Å². The average molecular weight is 427 g/mol. The Morgan fingerprint density at radius 3 is 2.93 bits per heavy atom. The molecule has 0 radical (unpaired) electrons. The molecule has 0 aliphatic carbocycles. The number of carbonyl (C=O) groups is 2. The van der Waals surface area contributed by atoms with Gasteiger partial charge in [0.1, 0.15) is 0 Å². The molecule has 1 aliphatic rings. The van der Waals surface area contributed by atoms with E-state index in [9.17, 15) is 9.59 Å². The van der Waals surface area contributed by atoms with E-state index in [1.807, 2.05) is 23.0 Å². The average Bonchev–Trinajstić information content (AvgIpc) is 3.42. The molecular formula is C20H22N6O3S. The first kappa shape index (κ1) is 20.1. The van der Waals surface area contributed by atoms with E-state index in [0.29, 0.717) is 37.4 Å². The first-order chi connectivity index (χ1) is 14.7. The molecular weight excluding hydrogens is 404 g/mol. The second-order valence-electron chi connectivity index (χ2n) is 6.95. The Morgan fingerprint density at radius 2 is 2.20 bits per heavy atom. The predicted molar refractivity (Wildman–Crippen MR) is 109 cm³/mol. The highest BCUT2D eigenvalue weighted by Gasteiger charge is 2.31. The summed E-state index contributed by atoms with van der Waals surface area (Å²) in [6, 6.07) is 3.97. The zero-order valence-corrected chi connectivity index (χ0v) is 17.5. The Morgan fingerprint density at radius 1 is 1.30 bits per heavy atom. The number of carbonyl (C=O) groups excluding carboxylic acids is 2. The number of aromatic nitrogens is 5. The zero-order valence-electron chi connectivity index (χ0n) is 16.7. The minimum absolute atomic E-state index is 0.187. The summed E-state index contributed by atoms with van der Waals surface area (Å²) in [5.41, 5.74) is 3.53. The number of rotatable bonds is 7. The van der Waals surface area contributed by atoms with Crippen molar-refractivity contribution in [3.63, 3.8) is 0 Å². The Kier molecular flexibility index (Phi) is 6.12. The summed E-state index contributed by atoms with van der Waals surface area (Å²) in [6.07, 6.45) is 7.45. The Hall–Kier alpha value is -3.14. The van der Waals surface area contributed by atoms with Crippen LogP contribution >= 0.6 is 11.7 Å². The highest BCUT2D eigenvalue weighted by Crippen LogP contribution is 2.25. The fourth-order valence-corrected chi connectivity index (χ4v) is 4.02. The molecule has 0 N–H and O–H groups in total. The molecule has 0 atom stereocenters. The quantitative estimate of drug-likeness (QED) is 0.533. The molecule has 1 aliphatic heterocycles. The summed E-state index contributed by atoms with van der Waals surface area (Å²) in [5, 5.41) is 4.56. The van der Waals surface area contributed by atoms with Crippen molar-refractivity contribution in [1.82, 2.24) is 28.4 Å². The highest BCUT2D eigenvalue weighted by atomic mass is 32.1. The van der Waals surface area contributed by atoms with E-state index in [0.717, 1.165) is 41.4 Å². The van der Waals surface area contributed by atoms with Gasteiger partial charge in [-0.15, -0.1) is 0 Å². The number of nitrogens with zero attached hydrogens (tertiary/aromatic N) is 6. The molecule has 0 unspecified atom stereocenters. The van der Waals surface area contributed by atoms with Crippen molar-refractivity contribution < 1.29 is 14.3 Å². The smallest absolute Gasteiger partial charge is 0.359 e. The number of pyridine rings is 1. The maximum absolute atomic E-state index is 12.7. The second-order valence-corrected chi connectivity index (χ2v) is 7.51. The maximum atomic E-state index is 12.7. The van der Waals surface area contributed by atoms with Gasteiger partial charge in [0.2, 0.25) is 0 Å². The molecule has 0 saturated heterocycles. The largest absolute Gasteiger partial charge is 0.461 e. The molecule has 4 heterocycles. The van der Waals surface area contributed by atoms with E-state index in [2.05, 4.69) is 18.8 Å². The molecule has 0 aromatic carbocycles. The SMILES string of the molecule is CCOC(=O)c1nn(CCCc2cccnc2)c2c1CN(C(=O)c1cnsn1)CC2. The first-order valence-corrected chi connectivity index (χ1v) is 10.6. The minimum atomic E-state index is -0.454. The molecule has 3 aromatic rings. The van der Waals surface area contributed by atoms with Crippen LogP contribution in [0.15, 0.2) is 30.7 Å². The van der Waals surface area contributed by atoms with Crippen LogP contribution in [0.3, 0.4) is 0 Å². The van der Waals surface area contributed by atoms with Gasteiger partial charge in [-0.2, -0.15) is 13.8 Å². The third-order valence-electron chi connectivity index (χ3n) is 5.03. The molecule has 4 rings (SSSR count). The van der Waals surface area contributed by atoms with Crippen molar-refractivity contribution in [3.8, 4) is 0 Å². The van der Waals surface area contributed by atoms with E-state index in [4.69, 9.17) is 4.74 Å². The fourth-order valence-electron chi connectivity index (χ4n) is 3.61. The van der Waals surface area contributed by atoms with Crippen LogP contribution in [-0.4, -0.2) is 53.4 Å². The van der Waals surface area contributed by atoms with E-state index < -0.39 is 5.97 Å². The van der Waals surface area contributed by atoms with Crippen LogP contribution < -0.4 is 0 Å². The second kappa shape index (κ2) is 9.12. The Balaban J connectivity index is 1.54. The van der Waals surface area contributed by atoms with Crippen LogP contribution in [-0.2, 0) is 30.7 Å². The molecule has 1 amide bonds. The molecule has 156 valence electrons. The summed E-state index contributed by atoms with van der Waals surface area (Å²) >= 11 is 1.00. The summed E-state index contributed by atoms with van der Waals surface area (Å²) in [6.45, 7) is 3.57.